The molecule has 0 radical (unpaired) electrons. The number of hydrogen-bond donors (Lipinski definition) is 1. The smallest absolute Gasteiger partial charge is 0.252 e. The Labute approximate surface area is 120 Å². The number of carbonyl (C=O) groups is 1. The second kappa shape index (κ2) is 6.02. The summed E-state index contributed by atoms with van der Waals surface area (Å²) < 4.78 is 2.67. The molecule has 19 heavy (non-hydrogen) atoms. The van der Waals surface area contributed by atoms with Crippen LogP contribution in [0.4, 0.5) is 0 Å². The molecule has 0 fully saturated rings. The van der Waals surface area contributed by atoms with Crippen molar-refractivity contribution in [1.82, 2.24) is 15.1 Å². The second-order valence-electron chi connectivity index (χ2n) is 4.26. The topological polar surface area (TPSA) is 46.9 Å². The van der Waals surface area contributed by atoms with Crippen LogP contribution in [0.5, 0.6) is 0 Å². The van der Waals surface area contributed by atoms with Gasteiger partial charge in [-0.25, -0.2) is 0 Å². The predicted octanol–water partition coefficient (Wildman–Crippen LogP) is 2.90. The molecule has 0 saturated carbocycles. The third kappa shape index (κ3) is 3.23. The van der Waals surface area contributed by atoms with Gasteiger partial charge in [-0.2, -0.15) is 5.10 Å². The quantitative estimate of drug-likeness (QED) is 0.941. The fourth-order valence-electron chi connectivity index (χ4n) is 1.81. The number of rotatable bonds is 4. The third-order valence-corrected chi connectivity index (χ3v) is 3.62. The summed E-state index contributed by atoms with van der Waals surface area (Å²) in [6.07, 6.45) is 1.97. The highest BCUT2D eigenvalue weighted by Crippen LogP contribution is 2.15. The van der Waals surface area contributed by atoms with Gasteiger partial charge in [-0.3, -0.25) is 9.48 Å². The third-order valence-electron chi connectivity index (χ3n) is 2.93. The van der Waals surface area contributed by atoms with Gasteiger partial charge >= 0.3 is 0 Å². The fraction of sp³-hybridized carbons (Fsp3) is 0.286. The lowest BCUT2D eigenvalue weighted by Crippen LogP contribution is -2.23. The molecular weight excluding hydrogens is 306 g/mol. The lowest BCUT2D eigenvalue weighted by Gasteiger charge is -2.06. The number of benzene rings is 1. The van der Waals surface area contributed by atoms with Crippen LogP contribution >= 0.6 is 15.9 Å². The van der Waals surface area contributed by atoms with E-state index in [1.807, 2.05) is 42.9 Å². The molecule has 1 N–H and O–H groups in total. The Morgan fingerprint density at radius 2 is 2.16 bits per heavy atom. The molecule has 2 aromatic rings. The Bertz CT molecular complexity index is 592. The number of hydrogen-bond acceptors (Lipinski definition) is 2. The van der Waals surface area contributed by atoms with Gasteiger partial charge in [-0.1, -0.05) is 12.1 Å². The minimum Gasteiger partial charge on any atom is -0.348 e. The highest BCUT2D eigenvalue weighted by Gasteiger charge is 2.10. The van der Waals surface area contributed by atoms with Crippen LogP contribution in [-0.4, -0.2) is 15.7 Å². The van der Waals surface area contributed by atoms with Gasteiger partial charge in [0.05, 0.1) is 11.3 Å². The van der Waals surface area contributed by atoms with Crippen LogP contribution in [0.1, 0.15) is 28.5 Å². The highest BCUT2D eigenvalue weighted by atomic mass is 79.9. The fourth-order valence-corrected chi connectivity index (χ4v) is 2.28. The zero-order valence-electron chi connectivity index (χ0n) is 11.0. The summed E-state index contributed by atoms with van der Waals surface area (Å²) >= 11 is 3.38. The van der Waals surface area contributed by atoms with Crippen molar-refractivity contribution in [3.63, 3.8) is 0 Å². The van der Waals surface area contributed by atoms with Crippen molar-refractivity contribution in [3.8, 4) is 0 Å². The monoisotopic (exact) mass is 321 g/mol. The minimum absolute atomic E-state index is 0.0869. The molecular formula is C14H16BrN3O. The molecule has 100 valence electrons. The molecule has 0 aliphatic rings. The van der Waals surface area contributed by atoms with Crippen LogP contribution in [0.2, 0.25) is 0 Å². The molecule has 0 atom stereocenters. The van der Waals surface area contributed by atoms with E-state index in [2.05, 4.69) is 26.3 Å². The Kier molecular flexibility index (Phi) is 4.37. The van der Waals surface area contributed by atoms with Crippen molar-refractivity contribution < 1.29 is 4.79 Å². The summed E-state index contributed by atoms with van der Waals surface area (Å²) in [5, 5.41) is 7.27. The first-order valence-corrected chi connectivity index (χ1v) is 6.96. The Balaban J connectivity index is 2.04. The minimum atomic E-state index is -0.0869. The Morgan fingerprint density at radius 3 is 2.79 bits per heavy atom. The standard InChI is InChI=1S/C14H16BrN3O/c1-3-18-9-11(10(2)17-18)8-16-14(19)12-6-4-5-7-13(12)15/h4-7,9H,3,8H2,1-2H3,(H,16,19). The van der Waals surface area contributed by atoms with E-state index in [1.165, 1.54) is 0 Å². The van der Waals surface area contributed by atoms with Crippen LogP contribution < -0.4 is 5.32 Å². The number of aromatic nitrogens is 2. The van der Waals surface area contributed by atoms with Gasteiger partial charge in [-0.15, -0.1) is 0 Å². The lowest BCUT2D eigenvalue weighted by atomic mass is 10.2. The van der Waals surface area contributed by atoms with Gasteiger partial charge in [0, 0.05) is 29.3 Å². The van der Waals surface area contributed by atoms with Crippen molar-refractivity contribution in [3.05, 3.63) is 51.8 Å². The van der Waals surface area contributed by atoms with E-state index in [4.69, 9.17) is 0 Å². The number of nitrogens with one attached hydrogen (secondary N) is 1. The number of amides is 1. The van der Waals surface area contributed by atoms with Crippen LogP contribution in [0.15, 0.2) is 34.9 Å². The van der Waals surface area contributed by atoms with Crippen molar-refractivity contribution in [2.75, 3.05) is 0 Å². The average molecular weight is 322 g/mol. The number of carbonyl (C=O) groups excluding carboxylic acids is 1. The molecule has 2 rings (SSSR count). The number of aryl methyl sites for hydroxylation is 2. The van der Waals surface area contributed by atoms with Gasteiger partial charge < -0.3 is 5.32 Å². The molecule has 0 saturated heterocycles. The molecule has 1 amide bonds. The molecule has 5 heteroatoms. The average Bonchev–Trinajstić information content (AvgIpc) is 2.77. The summed E-state index contributed by atoms with van der Waals surface area (Å²) in [6, 6.07) is 7.38. The van der Waals surface area contributed by atoms with Gasteiger partial charge in [-0.05, 0) is 41.9 Å². The molecule has 1 aromatic carbocycles. The molecule has 0 unspecified atom stereocenters. The summed E-state index contributed by atoms with van der Waals surface area (Å²) in [7, 11) is 0. The van der Waals surface area contributed by atoms with E-state index >= 15 is 0 Å². The maximum Gasteiger partial charge on any atom is 0.252 e. The molecule has 0 bridgehead atoms. The first-order valence-electron chi connectivity index (χ1n) is 6.17. The highest BCUT2D eigenvalue weighted by molar-refractivity contribution is 9.10. The van der Waals surface area contributed by atoms with Crippen LogP contribution in [0, 0.1) is 6.92 Å². The van der Waals surface area contributed by atoms with Gasteiger partial charge in [0.2, 0.25) is 0 Å². The Hall–Kier alpha value is -1.62. The normalized spacial score (nSPS) is 10.5. The first-order chi connectivity index (χ1) is 9.11. The zero-order chi connectivity index (χ0) is 13.8. The van der Waals surface area contributed by atoms with Crippen molar-refractivity contribution >= 4 is 21.8 Å². The lowest BCUT2D eigenvalue weighted by molar-refractivity contribution is 0.0950. The van der Waals surface area contributed by atoms with E-state index in [1.54, 1.807) is 6.07 Å². The van der Waals surface area contributed by atoms with E-state index in [-0.39, 0.29) is 5.91 Å². The molecule has 0 aliphatic heterocycles. The molecule has 0 spiro atoms. The zero-order valence-corrected chi connectivity index (χ0v) is 12.6. The van der Waals surface area contributed by atoms with Crippen molar-refractivity contribution in [2.45, 2.75) is 26.9 Å². The maximum atomic E-state index is 12.1. The van der Waals surface area contributed by atoms with E-state index < -0.39 is 0 Å². The van der Waals surface area contributed by atoms with Crippen molar-refractivity contribution in [1.29, 1.82) is 0 Å². The van der Waals surface area contributed by atoms with Gasteiger partial charge in [0.15, 0.2) is 0 Å². The predicted molar refractivity (Wildman–Crippen MR) is 78.0 cm³/mol. The van der Waals surface area contributed by atoms with Crippen LogP contribution in [-0.2, 0) is 13.1 Å². The van der Waals surface area contributed by atoms with Crippen LogP contribution in [0.3, 0.4) is 0 Å². The summed E-state index contributed by atoms with van der Waals surface area (Å²) in [5.74, 6) is -0.0869. The number of nitrogens with zero attached hydrogens (tertiary/aromatic N) is 2. The summed E-state index contributed by atoms with van der Waals surface area (Å²) in [6.45, 7) is 5.31. The molecule has 1 heterocycles. The Morgan fingerprint density at radius 1 is 1.42 bits per heavy atom. The first kappa shape index (κ1) is 13.8. The SMILES string of the molecule is CCn1cc(CNC(=O)c2ccccc2Br)c(C)n1. The van der Waals surface area contributed by atoms with E-state index in [9.17, 15) is 4.79 Å². The van der Waals surface area contributed by atoms with Gasteiger partial charge in [0.25, 0.3) is 5.91 Å². The summed E-state index contributed by atoms with van der Waals surface area (Å²) in [5.41, 5.74) is 2.64. The van der Waals surface area contributed by atoms with Crippen LogP contribution in [0.25, 0.3) is 0 Å². The second-order valence-corrected chi connectivity index (χ2v) is 5.11. The van der Waals surface area contributed by atoms with Gasteiger partial charge in [0.1, 0.15) is 0 Å². The molecule has 1 aromatic heterocycles. The molecule has 4 nitrogen and oxygen atoms in total. The van der Waals surface area contributed by atoms with E-state index in [0.717, 1.165) is 22.3 Å². The summed E-state index contributed by atoms with van der Waals surface area (Å²) in [4.78, 5) is 12.1. The molecule has 0 aliphatic carbocycles. The number of halogens is 1. The maximum absolute atomic E-state index is 12.1. The van der Waals surface area contributed by atoms with E-state index in [0.29, 0.717) is 12.1 Å². The van der Waals surface area contributed by atoms with Crippen molar-refractivity contribution in [2.24, 2.45) is 0 Å². The largest absolute Gasteiger partial charge is 0.348 e.